The Kier molecular flexibility index (Phi) is 4.33. The lowest BCUT2D eigenvalue weighted by molar-refractivity contribution is -0.142. The van der Waals surface area contributed by atoms with Crippen LogP contribution in [0.2, 0.25) is 0 Å². The van der Waals surface area contributed by atoms with Gasteiger partial charge in [-0.25, -0.2) is 0 Å². The van der Waals surface area contributed by atoms with Crippen LogP contribution in [0.3, 0.4) is 0 Å². The maximum atomic E-state index is 10.7. The third kappa shape index (κ3) is 2.01. The molecule has 0 heterocycles. The SMILES string of the molecule is CC(=O)C(O)C(CO)(CO)CO. The Balaban J connectivity index is 4.58. The summed E-state index contributed by atoms with van der Waals surface area (Å²) in [6.07, 6.45) is -1.53. The van der Waals surface area contributed by atoms with Gasteiger partial charge in [0.1, 0.15) is 6.10 Å². The highest BCUT2D eigenvalue weighted by atomic mass is 16.3. The van der Waals surface area contributed by atoms with E-state index in [1.54, 1.807) is 0 Å². The Hall–Kier alpha value is -0.490. The Morgan fingerprint density at radius 1 is 1.25 bits per heavy atom. The molecule has 0 aromatic rings. The third-order valence-electron chi connectivity index (χ3n) is 1.91. The molecule has 0 amide bonds. The normalized spacial score (nSPS) is 14.4. The van der Waals surface area contributed by atoms with Gasteiger partial charge in [-0.2, -0.15) is 0 Å². The summed E-state index contributed by atoms with van der Waals surface area (Å²) < 4.78 is 0. The van der Waals surface area contributed by atoms with E-state index in [9.17, 15) is 9.90 Å². The van der Waals surface area contributed by atoms with Crippen LogP contribution in [0.4, 0.5) is 0 Å². The van der Waals surface area contributed by atoms with Crippen LogP contribution in [-0.2, 0) is 4.79 Å². The van der Waals surface area contributed by atoms with E-state index < -0.39 is 37.1 Å². The van der Waals surface area contributed by atoms with Crippen molar-refractivity contribution in [1.29, 1.82) is 0 Å². The van der Waals surface area contributed by atoms with Crippen molar-refractivity contribution in [1.82, 2.24) is 0 Å². The van der Waals surface area contributed by atoms with Crippen LogP contribution in [0, 0.1) is 5.41 Å². The molecule has 1 atom stereocenters. The predicted octanol–water partition coefficient (Wildman–Crippen LogP) is -2.10. The lowest BCUT2D eigenvalue weighted by atomic mass is 9.83. The Bertz CT molecular complexity index is 144. The van der Waals surface area contributed by atoms with E-state index in [-0.39, 0.29) is 0 Å². The fourth-order valence-corrected chi connectivity index (χ4v) is 0.841. The average molecular weight is 178 g/mol. The minimum Gasteiger partial charge on any atom is -0.395 e. The zero-order valence-corrected chi connectivity index (χ0v) is 6.90. The average Bonchev–Trinajstić information content (AvgIpc) is 2.08. The summed E-state index contributed by atoms with van der Waals surface area (Å²) in [7, 11) is 0. The fraction of sp³-hybridized carbons (Fsp3) is 0.857. The Morgan fingerprint density at radius 2 is 1.58 bits per heavy atom. The maximum absolute atomic E-state index is 10.7. The number of carbonyl (C=O) groups is 1. The second-order valence-electron chi connectivity index (χ2n) is 2.85. The van der Waals surface area contributed by atoms with Gasteiger partial charge in [0.05, 0.1) is 25.2 Å². The molecule has 4 N–H and O–H groups in total. The first-order chi connectivity index (χ1) is 5.54. The standard InChI is InChI=1S/C7H14O5/c1-5(11)6(12)7(2-8,3-9)4-10/h6,8-10,12H,2-4H2,1H3. The zero-order valence-electron chi connectivity index (χ0n) is 6.90. The van der Waals surface area contributed by atoms with Crippen molar-refractivity contribution >= 4 is 5.78 Å². The Morgan fingerprint density at radius 3 is 1.67 bits per heavy atom. The number of hydrogen-bond donors (Lipinski definition) is 4. The summed E-state index contributed by atoms with van der Waals surface area (Å²) in [6, 6.07) is 0. The highest BCUT2D eigenvalue weighted by Gasteiger charge is 2.39. The second kappa shape index (κ2) is 4.51. The van der Waals surface area contributed by atoms with Gasteiger partial charge in [-0.15, -0.1) is 0 Å². The topological polar surface area (TPSA) is 98.0 Å². The molecular formula is C7H14O5. The molecule has 0 bridgehead atoms. The van der Waals surface area contributed by atoms with Gasteiger partial charge < -0.3 is 20.4 Å². The van der Waals surface area contributed by atoms with Gasteiger partial charge in [-0.3, -0.25) is 4.79 Å². The molecule has 0 aromatic carbocycles. The molecule has 1 unspecified atom stereocenters. The van der Waals surface area contributed by atoms with Crippen molar-refractivity contribution in [2.24, 2.45) is 5.41 Å². The minimum absolute atomic E-state index is 0.591. The van der Waals surface area contributed by atoms with Crippen molar-refractivity contribution < 1.29 is 25.2 Å². The molecule has 0 saturated heterocycles. The van der Waals surface area contributed by atoms with Crippen LogP contribution in [-0.4, -0.2) is 52.1 Å². The molecule has 0 spiro atoms. The highest BCUT2D eigenvalue weighted by molar-refractivity contribution is 5.81. The van der Waals surface area contributed by atoms with E-state index in [0.717, 1.165) is 6.92 Å². The summed E-state index contributed by atoms with van der Waals surface area (Å²) >= 11 is 0. The minimum atomic E-state index is -1.53. The van der Waals surface area contributed by atoms with Crippen LogP contribution >= 0.6 is 0 Å². The number of aliphatic hydroxyl groups excluding tert-OH is 4. The number of hydrogen-bond acceptors (Lipinski definition) is 5. The maximum Gasteiger partial charge on any atom is 0.159 e. The lowest BCUT2D eigenvalue weighted by Gasteiger charge is -2.30. The second-order valence-corrected chi connectivity index (χ2v) is 2.85. The molecule has 5 nitrogen and oxygen atoms in total. The van der Waals surface area contributed by atoms with Crippen molar-refractivity contribution in [2.75, 3.05) is 19.8 Å². The molecule has 0 fully saturated rings. The molecular weight excluding hydrogens is 164 g/mol. The van der Waals surface area contributed by atoms with E-state index >= 15 is 0 Å². The van der Waals surface area contributed by atoms with Crippen molar-refractivity contribution in [3.63, 3.8) is 0 Å². The molecule has 0 aliphatic heterocycles. The van der Waals surface area contributed by atoms with Gasteiger partial charge in [0.15, 0.2) is 5.78 Å². The lowest BCUT2D eigenvalue weighted by Crippen LogP contribution is -2.48. The van der Waals surface area contributed by atoms with Gasteiger partial charge in [0, 0.05) is 0 Å². The van der Waals surface area contributed by atoms with E-state index in [1.165, 1.54) is 0 Å². The molecule has 0 saturated carbocycles. The van der Waals surface area contributed by atoms with E-state index in [4.69, 9.17) is 15.3 Å². The largest absolute Gasteiger partial charge is 0.395 e. The summed E-state index contributed by atoms with van der Waals surface area (Å²) in [5.41, 5.74) is -1.52. The summed E-state index contributed by atoms with van der Waals surface area (Å²) in [4.78, 5) is 10.7. The van der Waals surface area contributed by atoms with Gasteiger partial charge in [-0.05, 0) is 6.92 Å². The smallest absolute Gasteiger partial charge is 0.159 e. The van der Waals surface area contributed by atoms with E-state index in [1.807, 2.05) is 0 Å². The first-order valence-electron chi connectivity index (χ1n) is 3.55. The number of aliphatic hydroxyl groups is 4. The first-order valence-corrected chi connectivity index (χ1v) is 3.55. The molecule has 0 aliphatic rings. The molecule has 5 heteroatoms. The molecule has 0 rings (SSSR count). The molecule has 0 aromatic heterocycles. The third-order valence-corrected chi connectivity index (χ3v) is 1.91. The van der Waals surface area contributed by atoms with E-state index in [0.29, 0.717) is 0 Å². The van der Waals surface area contributed by atoms with Crippen LogP contribution < -0.4 is 0 Å². The van der Waals surface area contributed by atoms with Crippen LogP contribution in [0.1, 0.15) is 6.92 Å². The van der Waals surface area contributed by atoms with Crippen molar-refractivity contribution in [2.45, 2.75) is 13.0 Å². The van der Waals surface area contributed by atoms with Crippen molar-refractivity contribution in [3.05, 3.63) is 0 Å². The zero-order chi connectivity index (χ0) is 9.78. The highest BCUT2D eigenvalue weighted by Crippen LogP contribution is 2.20. The number of rotatable bonds is 5. The van der Waals surface area contributed by atoms with E-state index in [2.05, 4.69) is 0 Å². The van der Waals surface area contributed by atoms with Crippen molar-refractivity contribution in [3.8, 4) is 0 Å². The summed E-state index contributed by atoms with van der Waals surface area (Å²) in [6.45, 7) is -0.789. The first kappa shape index (κ1) is 11.5. The molecule has 72 valence electrons. The Labute approximate surface area is 70.3 Å². The van der Waals surface area contributed by atoms with Gasteiger partial charge in [0.25, 0.3) is 0 Å². The number of carbonyl (C=O) groups excluding carboxylic acids is 1. The van der Waals surface area contributed by atoms with Gasteiger partial charge in [-0.1, -0.05) is 0 Å². The van der Waals surface area contributed by atoms with Crippen LogP contribution in [0.25, 0.3) is 0 Å². The number of ketones is 1. The van der Waals surface area contributed by atoms with Gasteiger partial charge >= 0.3 is 0 Å². The monoisotopic (exact) mass is 178 g/mol. The fourth-order valence-electron chi connectivity index (χ4n) is 0.841. The summed E-state index contributed by atoms with van der Waals surface area (Å²) in [5, 5.41) is 35.5. The predicted molar refractivity (Wildman–Crippen MR) is 40.4 cm³/mol. The quantitative estimate of drug-likeness (QED) is 0.386. The molecule has 0 aliphatic carbocycles. The number of Topliss-reactive ketones (excluding diaryl/α,β-unsaturated/α-hetero) is 1. The summed E-state index contributed by atoms with van der Waals surface area (Å²) in [5.74, 6) is -0.591. The van der Waals surface area contributed by atoms with Crippen LogP contribution in [0.15, 0.2) is 0 Å². The van der Waals surface area contributed by atoms with Crippen LogP contribution in [0.5, 0.6) is 0 Å². The molecule has 0 radical (unpaired) electrons. The van der Waals surface area contributed by atoms with Gasteiger partial charge in [0.2, 0.25) is 0 Å². The molecule has 12 heavy (non-hydrogen) atoms.